The average molecular weight is 281 g/mol. The summed E-state index contributed by atoms with van der Waals surface area (Å²) in [6.45, 7) is 0.203. The Labute approximate surface area is 106 Å². The second-order valence-corrected chi connectivity index (χ2v) is 5.20. The van der Waals surface area contributed by atoms with E-state index in [4.69, 9.17) is 5.11 Å². The lowest BCUT2D eigenvalue weighted by atomic mass is 10.2. The first-order chi connectivity index (χ1) is 8.52. The molecule has 1 N–H and O–H groups in total. The lowest BCUT2D eigenvalue weighted by molar-refractivity contribution is -0.138. The monoisotopic (exact) mass is 281 g/mol. The molecule has 1 aliphatic rings. The van der Waals surface area contributed by atoms with Crippen molar-refractivity contribution in [1.29, 1.82) is 0 Å². The molecule has 1 aromatic heterocycles. The molecule has 0 amide bonds. The standard InChI is InChI=1S/C10H14F3N3OS/c11-10(12,13)8-14-15-9(18-8)16(5-6-17)7-3-1-2-4-7/h7,17H,1-6H2. The van der Waals surface area contributed by atoms with Crippen molar-refractivity contribution in [2.75, 3.05) is 18.1 Å². The molecule has 0 spiro atoms. The molecule has 0 aliphatic heterocycles. The number of aliphatic hydroxyl groups is 1. The molecule has 4 nitrogen and oxygen atoms in total. The van der Waals surface area contributed by atoms with Crippen molar-refractivity contribution >= 4 is 16.5 Å². The van der Waals surface area contributed by atoms with Crippen molar-refractivity contribution in [2.45, 2.75) is 37.9 Å². The minimum absolute atomic E-state index is 0.0998. The van der Waals surface area contributed by atoms with Crippen molar-refractivity contribution in [2.24, 2.45) is 0 Å². The smallest absolute Gasteiger partial charge is 0.395 e. The Hall–Kier alpha value is -0.890. The lowest BCUT2D eigenvalue weighted by Gasteiger charge is -2.27. The second-order valence-electron chi connectivity index (χ2n) is 4.24. The maximum absolute atomic E-state index is 12.5. The number of nitrogens with zero attached hydrogens (tertiary/aromatic N) is 3. The van der Waals surface area contributed by atoms with E-state index in [-0.39, 0.29) is 17.8 Å². The van der Waals surface area contributed by atoms with Crippen LogP contribution in [0.15, 0.2) is 0 Å². The third-order valence-corrected chi connectivity index (χ3v) is 4.01. The summed E-state index contributed by atoms with van der Waals surface area (Å²) < 4.78 is 37.4. The quantitative estimate of drug-likeness (QED) is 0.920. The number of alkyl halides is 3. The molecule has 0 radical (unpaired) electrons. The molecule has 2 rings (SSSR count). The van der Waals surface area contributed by atoms with Crippen molar-refractivity contribution in [1.82, 2.24) is 10.2 Å². The van der Waals surface area contributed by atoms with E-state index >= 15 is 0 Å². The van der Waals surface area contributed by atoms with E-state index in [9.17, 15) is 13.2 Å². The van der Waals surface area contributed by atoms with E-state index < -0.39 is 11.2 Å². The molecule has 0 bridgehead atoms. The predicted octanol–water partition coefficient (Wildman–Crippen LogP) is 2.30. The van der Waals surface area contributed by atoms with Crippen LogP contribution in [0.3, 0.4) is 0 Å². The van der Waals surface area contributed by atoms with Gasteiger partial charge in [0.05, 0.1) is 6.61 Å². The highest BCUT2D eigenvalue weighted by atomic mass is 32.1. The number of anilines is 1. The predicted molar refractivity (Wildman–Crippen MR) is 61.6 cm³/mol. The molecular formula is C10H14F3N3OS. The van der Waals surface area contributed by atoms with Crippen LogP contribution in [-0.4, -0.2) is 34.5 Å². The molecule has 0 aromatic carbocycles. The van der Waals surface area contributed by atoms with Crippen LogP contribution in [0.25, 0.3) is 0 Å². The number of rotatable bonds is 4. The van der Waals surface area contributed by atoms with Crippen LogP contribution in [0.4, 0.5) is 18.3 Å². The summed E-state index contributed by atoms with van der Waals surface area (Å²) in [6.07, 6.45) is -0.451. The molecule has 0 unspecified atom stereocenters. The zero-order chi connectivity index (χ0) is 13.2. The van der Waals surface area contributed by atoms with Gasteiger partial charge in [-0.05, 0) is 12.8 Å². The van der Waals surface area contributed by atoms with Gasteiger partial charge in [0.1, 0.15) is 0 Å². The molecule has 1 aliphatic carbocycles. The van der Waals surface area contributed by atoms with Crippen LogP contribution >= 0.6 is 11.3 Å². The summed E-state index contributed by atoms with van der Waals surface area (Å²) in [5.41, 5.74) is 0. The Morgan fingerprint density at radius 1 is 1.28 bits per heavy atom. The van der Waals surface area contributed by atoms with Gasteiger partial charge in [0.2, 0.25) is 10.1 Å². The van der Waals surface area contributed by atoms with Crippen LogP contribution in [0, 0.1) is 0 Å². The van der Waals surface area contributed by atoms with Gasteiger partial charge in [0.25, 0.3) is 0 Å². The zero-order valence-electron chi connectivity index (χ0n) is 9.65. The first-order valence-electron chi connectivity index (χ1n) is 5.80. The highest BCUT2D eigenvalue weighted by molar-refractivity contribution is 7.15. The van der Waals surface area contributed by atoms with Crippen LogP contribution in [0.5, 0.6) is 0 Å². The topological polar surface area (TPSA) is 49.2 Å². The van der Waals surface area contributed by atoms with E-state index in [0.717, 1.165) is 25.7 Å². The first-order valence-corrected chi connectivity index (χ1v) is 6.62. The number of aliphatic hydroxyl groups excluding tert-OH is 1. The maximum Gasteiger partial charge on any atom is 0.445 e. The third-order valence-electron chi connectivity index (χ3n) is 3.01. The van der Waals surface area contributed by atoms with E-state index in [2.05, 4.69) is 10.2 Å². The summed E-state index contributed by atoms with van der Waals surface area (Å²) in [7, 11) is 0. The molecule has 1 saturated carbocycles. The lowest BCUT2D eigenvalue weighted by Crippen LogP contribution is -2.35. The van der Waals surface area contributed by atoms with Crippen LogP contribution in [0.2, 0.25) is 0 Å². The van der Waals surface area contributed by atoms with Gasteiger partial charge in [-0.3, -0.25) is 0 Å². The fraction of sp³-hybridized carbons (Fsp3) is 0.800. The van der Waals surface area contributed by atoms with E-state index in [0.29, 0.717) is 17.9 Å². The van der Waals surface area contributed by atoms with Gasteiger partial charge in [-0.25, -0.2) is 0 Å². The summed E-state index contributed by atoms with van der Waals surface area (Å²) in [6, 6.07) is 0.172. The number of aromatic nitrogens is 2. The highest BCUT2D eigenvalue weighted by Gasteiger charge is 2.37. The number of hydrogen-bond acceptors (Lipinski definition) is 5. The number of hydrogen-bond donors (Lipinski definition) is 1. The van der Waals surface area contributed by atoms with E-state index in [1.165, 1.54) is 0 Å². The normalized spacial score (nSPS) is 17.3. The largest absolute Gasteiger partial charge is 0.445 e. The maximum atomic E-state index is 12.5. The molecule has 0 atom stereocenters. The van der Waals surface area contributed by atoms with E-state index in [1.54, 1.807) is 4.90 Å². The molecular weight excluding hydrogens is 267 g/mol. The highest BCUT2D eigenvalue weighted by Crippen LogP contribution is 2.36. The molecule has 1 aromatic rings. The van der Waals surface area contributed by atoms with Crippen LogP contribution in [-0.2, 0) is 6.18 Å². The summed E-state index contributed by atoms with van der Waals surface area (Å²) in [5.74, 6) is 0. The Bertz CT molecular complexity index is 390. The Morgan fingerprint density at radius 2 is 1.94 bits per heavy atom. The minimum atomic E-state index is -4.45. The van der Waals surface area contributed by atoms with Crippen LogP contribution < -0.4 is 4.90 Å². The zero-order valence-corrected chi connectivity index (χ0v) is 10.5. The molecule has 18 heavy (non-hydrogen) atoms. The Balaban J connectivity index is 2.17. The van der Waals surface area contributed by atoms with Gasteiger partial charge in [0.15, 0.2) is 0 Å². The van der Waals surface area contributed by atoms with Crippen LogP contribution in [0.1, 0.15) is 30.7 Å². The van der Waals surface area contributed by atoms with E-state index in [1.807, 2.05) is 0 Å². The number of halogens is 3. The van der Waals surface area contributed by atoms with Gasteiger partial charge in [-0.15, -0.1) is 10.2 Å². The van der Waals surface area contributed by atoms with Crippen molar-refractivity contribution in [3.8, 4) is 0 Å². The van der Waals surface area contributed by atoms with Crippen molar-refractivity contribution < 1.29 is 18.3 Å². The third kappa shape index (κ3) is 2.92. The van der Waals surface area contributed by atoms with Crippen molar-refractivity contribution in [3.05, 3.63) is 5.01 Å². The van der Waals surface area contributed by atoms with Gasteiger partial charge in [-0.1, -0.05) is 24.2 Å². The molecule has 102 valence electrons. The van der Waals surface area contributed by atoms with Gasteiger partial charge >= 0.3 is 6.18 Å². The minimum Gasteiger partial charge on any atom is -0.395 e. The molecule has 0 saturated heterocycles. The van der Waals surface area contributed by atoms with Gasteiger partial charge < -0.3 is 10.0 Å². The molecule has 1 heterocycles. The fourth-order valence-corrected chi connectivity index (χ4v) is 3.01. The second kappa shape index (κ2) is 5.40. The van der Waals surface area contributed by atoms with Crippen molar-refractivity contribution in [3.63, 3.8) is 0 Å². The average Bonchev–Trinajstić information content (AvgIpc) is 2.96. The Morgan fingerprint density at radius 3 is 2.44 bits per heavy atom. The summed E-state index contributed by atoms with van der Waals surface area (Å²) >= 11 is 0.542. The van der Waals surface area contributed by atoms with Gasteiger partial charge in [-0.2, -0.15) is 13.2 Å². The fourth-order valence-electron chi connectivity index (χ4n) is 2.20. The molecule has 8 heteroatoms. The molecule has 1 fully saturated rings. The first kappa shape index (κ1) is 13.5. The summed E-state index contributed by atoms with van der Waals surface area (Å²) in [4.78, 5) is 1.75. The Kier molecular flexibility index (Phi) is 4.06. The SMILES string of the molecule is OCCN(c1nnc(C(F)(F)F)s1)C1CCCC1. The van der Waals surface area contributed by atoms with Gasteiger partial charge in [0, 0.05) is 12.6 Å². The summed E-state index contributed by atoms with van der Waals surface area (Å²) in [5, 5.41) is 15.1.